The summed E-state index contributed by atoms with van der Waals surface area (Å²) in [6, 6.07) is 7.56. The van der Waals surface area contributed by atoms with Gasteiger partial charge in [0, 0.05) is 17.0 Å². The Bertz CT molecular complexity index is 675. The molecule has 0 N–H and O–H groups in total. The van der Waals surface area contributed by atoms with Gasteiger partial charge < -0.3 is 14.4 Å². The summed E-state index contributed by atoms with van der Waals surface area (Å²) in [6.07, 6.45) is -0.309. The lowest BCUT2D eigenvalue weighted by Gasteiger charge is -2.14. The molecule has 0 saturated carbocycles. The first kappa shape index (κ1) is 13.0. The molecule has 1 aromatic heterocycles. The Morgan fingerprint density at radius 1 is 1.45 bits per heavy atom. The lowest BCUT2D eigenvalue weighted by molar-refractivity contribution is 0.157. The van der Waals surface area contributed by atoms with Crippen LogP contribution >= 0.6 is 11.6 Å². The number of fused-ring (bicyclic) bond motifs is 1. The summed E-state index contributed by atoms with van der Waals surface area (Å²) in [4.78, 5) is 17.4. The van der Waals surface area contributed by atoms with Crippen molar-refractivity contribution in [2.75, 3.05) is 20.3 Å². The van der Waals surface area contributed by atoms with E-state index in [1.807, 2.05) is 24.3 Å². The second-order valence-corrected chi connectivity index (χ2v) is 4.89. The summed E-state index contributed by atoms with van der Waals surface area (Å²) in [5.74, 6) is 0.733. The van der Waals surface area contributed by atoms with Crippen LogP contribution in [-0.4, -0.2) is 36.2 Å². The summed E-state index contributed by atoms with van der Waals surface area (Å²) in [5, 5.41) is 1.35. The van der Waals surface area contributed by atoms with Crippen molar-refractivity contribution < 1.29 is 14.3 Å². The first-order chi connectivity index (χ1) is 9.67. The molecule has 20 heavy (non-hydrogen) atoms. The zero-order valence-electron chi connectivity index (χ0n) is 10.9. The van der Waals surface area contributed by atoms with Gasteiger partial charge in [-0.15, -0.1) is 0 Å². The van der Waals surface area contributed by atoms with Crippen molar-refractivity contribution in [3.63, 3.8) is 0 Å². The molecule has 3 rings (SSSR count). The van der Waals surface area contributed by atoms with E-state index in [1.165, 1.54) is 0 Å². The van der Waals surface area contributed by atoms with E-state index < -0.39 is 0 Å². The molecule has 0 atom stereocenters. The van der Waals surface area contributed by atoms with Gasteiger partial charge in [-0.05, 0) is 18.2 Å². The third-order valence-electron chi connectivity index (χ3n) is 3.26. The molecule has 5 nitrogen and oxygen atoms in total. The number of nitrogens with zero attached hydrogens (tertiary/aromatic N) is 2. The molecule has 1 amide bonds. The van der Waals surface area contributed by atoms with E-state index in [-0.39, 0.29) is 6.09 Å². The standard InChI is InChI=1S/C14H13ClN2O3/c1-19-11-3-2-9-6-10(13(15)16-12(9)7-11)8-17-4-5-20-14(17)18/h2-3,6-7H,4-5,8H2,1H3. The Balaban J connectivity index is 1.95. The molecule has 0 radical (unpaired) electrons. The van der Waals surface area contributed by atoms with E-state index in [4.69, 9.17) is 21.1 Å². The summed E-state index contributed by atoms with van der Waals surface area (Å²) in [6.45, 7) is 1.41. The zero-order valence-corrected chi connectivity index (χ0v) is 11.7. The molecule has 2 aromatic rings. The minimum Gasteiger partial charge on any atom is -0.497 e. The molecule has 2 heterocycles. The molecular formula is C14H13ClN2O3. The van der Waals surface area contributed by atoms with Crippen molar-refractivity contribution in [3.05, 3.63) is 35.0 Å². The summed E-state index contributed by atoms with van der Waals surface area (Å²) >= 11 is 6.19. The second-order valence-electron chi connectivity index (χ2n) is 4.53. The predicted molar refractivity (Wildman–Crippen MR) is 75.1 cm³/mol. The highest BCUT2D eigenvalue weighted by molar-refractivity contribution is 6.30. The third kappa shape index (κ3) is 2.36. The second kappa shape index (κ2) is 5.17. The van der Waals surface area contributed by atoms with Crippen LogP contribution < -0.4 is 4.74 Å². The first-order valence-corrected chi connectivity index (χ1v) is 6.60. The van der Waals surface area contributed by atoms with E-state index in [1.54, 1.807) is 12.0 Å². The number of methoxy groups -OCH3 is 1. The van der Waals surface area contributed by atoms with Crippen molar-refractivity contribution in [3.8, 4) is 5.75 Å². The number of amides is 1. The molecule has 104 valence electrons. The highest BCUT2D eigenvalue weighted by Crippen LogP contribution is 2.25. The van der Waals surface area contributed by atoms with Crippen LogP contribution in [0.1, 0.15) is 5.56 Å². The van der Waals surface area contributed by atoms with Gasteiger partial charge in [0.15, 0.2) is 0 Å². The number of benzene rings is 1. The van der Waals surface area contributed by atoms with Crippen LogP contribution in [-0.2, 0) is 11.3 Å². The van der Waals surface area contributed by atoms with Crippen LogP contribution in [0.3, 0.4) is 0 Å². The van der Waals surface area contributed by atoms with Gasteiger partial charge in [-0.1, -0.05) is 11.6 Å². The van der Waals surface area contributed by atoms with Crippen LogP contribution in [0.25, 0.3) is 10.9 Å². The number of rotatable bonds is 3. The number of hydrogen-bond acceptors (Lipinski definition) is 4. The maximum Gasteiger partial charge on any atom is 0.410 e. The van der Waals surface area contributed by atoms with Crippen molar-refractivity contribution >= 4 is 28.6 Å². The fourth-order valence-electron chi connectivity index (χ4n) is 2.18. The van der Waals surface area contributed by atoms with E-state index in [9.17, 15) is 4.79 Å². The topological polar surface area (TPSA) is 51.7 Å². The maximum absolute atomic E-state index is 11.5. The zero-order chi connectivity index (χ0) is 14.1. The van der Waals surface area contributed by atoms with Gasteiger partial charge in [-0.25, -0.2) is 9.78 Å². The van der Waals surface area contributed by atoms with Crippen molar-refractivity contribution in [2.24, 2.45) is 0 Å². The highest BCUT2D eigenvalue weighted by atomic mass is 35.5. The maximum atomic E-state index is 11.5. The Labute approximate surface area is 121 Å². The molecule has 0 unspecified atom stereocenters. The van der Waals surface area contributed by atoms with Gasteiger partial charge in [-0.3, -0.25) is 0 Å². The van der Waals surface area contributed by atoms with Crippen LogP contribution in [0.5, 0.6) is 5.75 Å². The SMILES string of the molecule is COc1ccc2cc(CN3CCOC3=O)c(Cl)nc2c1. The van der Waals surface area contributed by atoms with E-state index in [2.05, 4.69) is 4.98 Å². The average Bonchev–Trinajstić information content (AvgIpc) is 2.84. The number of hydrogen-bond donors (Lipinski definition) is 0. The molecule has 1 aromatic carbocycles. The van der Waals surface area contributed by atoms with Gasteiger partial charge in [0.05, 0.1) is 25.7 Å². The van der Waals surface area contributed by atoms with Gasteiger partial charge in [0.1, 0.15) is 17.5 Å². The largest absolute Gasteiger partial charge is 0.497 e. The van der Waals surface area contributed by atoms with Crippen LogP contribution in [0.2, 0.25) is 5.15 Å². The van der Waals surface area contributed by atoms with Gasteiger partial charge in [-0.2, -0.15) is 0 Å². The van der Waals surface area contributed by atoms with Crippen molar-refractivity contribution in [1.29, 1.82) is 0 Å². The number of cyclic esters (lactones) is 1. The summed E-state index contributed by atoms with van der Waals surface area (Å²) < 4.78 is 10.1. The van der Waals surface area contributed by atoms with Crippen molar-refractivity contribution in [2.45, 2.75) is 6.54 Å². The van der Waals surface area contributed by atoms with E-state index in [0.29, 0.717) is 24.8 Å². The first-order valence-electron chi connectivity index (χ1n) is 6.22. The molecule has 1 saturated heterocycles. The van der Waals surface area contributed by atoms with Gasteiger partial charge in [0.2, 0.25) is 0 Å². The number of pyridine rings is 1. The molecular weight excluding hydrogens is 280 g/mol. The molecule has 6 heteroatoms. The fraction of sp³-hybridized carbons (Fsp3) is 0.286. The lowest BCUT2D eigenvalue weighted by atomic mass is 10.1. The fourth-order valence-corrected chi connectivity index (χ4v) is 2.39. The Morgan fingerprint density at radius 2 is 2.30 bits per heavy atom. The summed E-state index contributed by atoms with van der Waals surface area (Å²) in [7, 11) is 1.61. The number of aromatic nitrogens is 1. The van der Waals surface area contributed by atoms with E-state index in [0.717, 1.165) is 22.2 Å². The van der Waals surface area contributed by atoms with Crippen LogP contribution in [0.15, 0.2) is 24.3 Å². The van der Waals surface area contributed by atoms with Crippen LogP contribution in [0.4, 0.5) is 4.79 Å². The quantitative estimate of drug-likeness (QED) is 0.816. The number of halogens is 1. The minimum atomic E-state index is -0.309. The Kier molecular flexibility index (Phi) is 3.36. The Hall–Kier alpha value is -2.01. The van der Waals surface area contributed by atoms with Gasteiger partial charge in [0.25, 0.3) is 0 Å². The summed E-state index contributed by atoms with van der Waals surface area (Å²) in [5.41, 5.74) is 1.57. The molecule has 1 aliphatic rings. The number of ether oxygens (including phenoxy) is 2. The third-order valence-corrected chi connectivity index (χ3v) is 3.58. The van der Waals surface area contributed by atoms with Crippen LogP contribution in [0, 0.1) is 0 Å². The highest BCUT2D eigenvalue weighted by Gasteiger charge is 2.23. The minimum absolute atomic E-state index is 0.309. The predicted octanol–water partition coefficient (Wildman–Crippen LogP) is 2.85. The lowest BCUT2D eigenvalue weighted by Crippen LogP contribution is -2.23. The van der Waals surface area contributed by atoms with Crippen molar-refractivity contribution in [1.82, 2.24) is 9.88 Å². The normalized spacial score (nSPS) is 14.7. The number of carbonyl (C=O) groups excluding carboxylic acids is 1. The molecule has 0 bridgehead atoms. The Morgan fingerprint density at radius 3 is 3.00 bits per heavy atom. The average molecular weight is 293 g/mol. The smallest absolute Gasteiger partial charge is 0.410 e. The number of carbonyl (C=O) groups is 1. The van der Waals surface area contributed by atoms with Gasteiger partial charge >= 0.3 is 6.09 Å². The molecule has 1 aliphatic heterocycles. The monoisotopic (exact) mass is 292 g/mol. The van der Waals surface area contributed by atoms with E-state index >= 15 is 0 Å². The molecule has 0 spiro atoms. The molecule has 0 aliphatic carbocycles. The molecule has 1 fully saturated rings.